The van der Waals surface area contributed by atoms with Gasteiger partial charge in [-0.3, -0.25) is 19.8 Å². The van der Waals surface area contributed by atoms with Crippen molar-refractivity contribution in [3.8, 4) is 0 Å². The lowest BCUT2D eigenvalue weighted by molar-refractivity contribution is -0.141. The Kier molecular flexibility index (Phi) is 4.17. The van der Waals surface area contributed by atoms with Crippen molar-refractivity contribution >= 4 is 35.6 Å². The van der Waals surface area contributed by atoms with E-state index in [9.17, 15) is 19.2 Å². The second-order valence-corrected chi connectivity index (χ2v) is 6.00. The largest absolute Gasteiger partial charge is 0.480 e. The zero-order valence-corrected chi connectivity index (χ0v) is 11.6. The van der Waals surface area contributed by atoms with Crippen LogP contribution in [0.15, 0.2) is 0 Å². The molecule has 0 aromatic rings. The number of nitrogens with one attached hydrogen (secondary N) is 2. The van der Waals surface area contributed by atoms with Gasteiger partial charge in [0.05, 0.1) is 5.37 Å². The van der Waals surface area contributed by atoms with Crippen LogP contribution in [0.1, 0.15) is 19.8 Å². The highest BCUT2D eigenvalue weighted by Crippen LogP contribution is 2.28. The number of urea groups is 1. The molecular weight excluding hydrogens is 286 g/mol. The third kappa shape index (κ3) is 2.87. The monoisotopic (exact) mass is 301 g/mol. The van der Waals surface area contributed by atoms with Crippen LogP contribution in [0.2, 0.25) is 0 Å². The van der Waals surface area contributed by atoms with Crippen LogP contribution in [-0.2, 0) is 14.4 Å². The number of nitrogens with zero attached hydrogens (tertiary/aromatic N) is 1. The number of hydrogen-bond acceptors (Lipinski definition) is 5. The number of carboxylic acids is 1. The molecule has 0 aromatic carbocycles. The molecule has 3 atom stereocenters. The van der Waals surface area contributed by atoms with E-state index in [0.717, 1.165) is 0 Å². The number of carboxylic acid groups (broad SMARTS) is 1. The Balaban J connectivity index is 2.02. The molecule has 2 aliphatic rings. The molecule has 3 N–H and O–H groups in total. The molecule has 2 aliphatic heterocycles. The van der Waals surface area contributed by atoms with E-state index in [2.05, 4.69) is 10.6 Å². The maximum Gasteiger partial charge on any atom is 0.327 e. The Bertz CT molecular complexity index is 469. The number of imide groups is 1. The average molecular weight is 301 g/mol. The molecule has 110 valence electrons. The zero-order chi connectivity index (χ0) is 14.9. The van der Waals surface area contributed by atoms with Crippen LogP contribution >= 0.6 is 11.8 Å². The molecule has 4 amide bonds. The molecule has 0 saturated carbocycles. The molecule has 9 heteroatoms. The van der Waals surface area contributed by atoms with Crippen LogP contribution in [0.25, 0.3) is 0 Å². The normalized spacial score (nSPS) is 30.1. The summed E-state index contributed by atoms with van der Waals surface area (Å²) in [4.78, 5) is 47.0. The first-order chi connectivity index (χ1) is 9.40. The number of carbonyl (C=O) groups excluding carboxylic acids is 3. The summed E-state index contributed by atoms with van der Waals surface area (Å²) in [6.07, 6.45) is 0.382. The topological polar surface area (TPSA) is 116 Å². The highest BCUT2D eigenvalue weighted by atomic mass is 32.2. The van der Waals surface area contributed by atoms with E-state index < -0.39 is 30.0 Å². The van der Waals surface area contributed by atoms with E-state index >= 15 is 0 Å². The lowest BCUT2D eigenvalue weighted by Gasteiger charge is -2.29. The van der Waals surface area contributed by atoms with Gasteiger partial charge in [-0.25, -0.2) is 9.59 Å². The molecule has 20 heavy (non-hydrogen) atoms. The fourth-order valence-electron chi connectivity index (χ4n) is 2.20. The maximum absolute atomic E-state index is 12.1. The summed E-state index contributed by atoms with van der Waals surface area (Å²) >= 11 is 1.36. The van der Waals surface area contributed by atoms with Crippen molar-refractivity contribution in [1.82, 2.24) is 15.5 Å². The van der Waals surface area contributed by atoms with E-state index in [1.165, 1.54) is 16.7 Å². The second kappa shape index (κ2) is 5.70. The Hall–Kier alpha value is -1.77. The number of amides is 4. The molecule has 3 unspecified atom stereocenters. The standard InChI is InChI=1S/C11H15N3O5S/c1-5-14(7(4-20-5)10(17)18)11(19)12-6-2-3-8(15)13-9(6)16/h5-7H,2-4H2,1H3,(H,12,19)(H,17,18)(H,13,15,16). The highest BCUT2D eigenvalue weighted by molar-refractivity contribution is 8.00. The summed E-state index contributed by atoms with van der Waals surface area (Å²) in [6.45, 7) is 1.73. The lowest BCUT2D eigenvalue weighted by atomic mass is 10.1. The smallest absolute Gasteiger partial charge is 0.327 e. The fraction of sp³-hybridized carbons (Fsp3) is 0.636. The van der Waals surface area contributed by atoms with Gasteiger partial charge in [0.25, 0.3) is 0 Å². The summed E-state index contributed by atoms with van der Waals surface area (Å²) < 4.78 is 0. The Morgan fingerprint density at radius 2 is 2.15 bits per heavy atom. The Morgan fingerprint density at radius 1 is 1.45 bits per heavy atom. The van der Waals surface area contributed by atoms with E-state index in [-0.39, 0.29) is 24.1 Å². The van der Waals surface area contributed by atoms with Crippen LogP contribution < -0.4 is 10.6 Å². The van der Waals surface area contributed by atoms with Gasteiger partial charge in [0.2, 0.25) is 11.8 Å². The van der Waals surface area contributed by atoms with E-state index in [1.807, 2.05) is 0 Å². The van der Waals surface area contributed by atoms with Crippen molar-refractivity contribution in [3.05, 3.63) is 0 Å². The number of rotatable bonds is 2. The first kappa shape index (κ1) is 14.6. The summed E-state index contributed by atoms with van der Waals surface area (Å²) in [5, 5.41) is 13.4. The minimum Gasteiger partial charge on any atom is -0.480 e. The van der Waals surface area contributed by atoms with Gasteiger partial charge in [0, 0.05) is 12.2 Å². The Labute approximate surface area is 119 Å². The maximum atomic E-state index is 12.1. The van der Waals surface area contributed by atoms with Gasteiger partial charge < -0.3 is 10.4 Å². The molecule has 2 heterocycles. The van der Waals surface area contributed by atoms with Gasteiger partial charge >= 0.3 is 12.0 Å². The van der Waals surface area contributed by atoms with Crippen molar-refractivity contribution in [2.75, 3.05) is 5.75 Å². The van der Waals surface area contributed by atoms with Crippen molar-refractivity contribution in [3.63, 3.8) is 0 Å². The fourth-order valence-corrected chi connectivity index (χ4v) is 3.36. The molecule has 2 rings (SSSR count). The first-order valence-electron chi connectivity index (χ1n) is 6.17. The number of carbonyl (C=O) groups is 4. The molecule has 2 fully saturated rings. The quantitative estimate of drug-likeness (QED) is 0.584. The van der Waals surface area contributed by atoms with Gasteiger partial charge in [-0.2, -0.15) is 0 Å². The summed E-state index contributed by atoms with van der Waals surface area (Å²) in [5.74, 6) is -1.67. The van der Waals surface area contributed by atoms with Crippen LogP contribution in [0.5, 0.6) is 0 Å². The Morgan fingerprint density at radius 3 is 2.75 bits per heavy atom. The minimum atomic E-state index is -1.07. The first-order valence-corrected chi connectivity index (χ1v) is 7.22. The molecule has 2 saturated heterocycles. The summed E-state index contributed by atoms with van der Waals surface area (Å²) in [5.41, 5.74) is 0. The number of piperidine rings is 1. The summed E-state index contributed by atoms with van der Waals surface area (Å²) in [7, 11) is 0. The van der Waals surface area contributed by atoms with Crippen molar-refractivity contribution < 1.29 is 24.3 Å². The average Bonchev–Trinajstić information content (AvgIpc) is 2.75. The predicted molar refractivity (Wildman–Crippen MR) is 69.9 cm³/mol. The van der Waals surface area contributed by atoms with Crippen LogP contribution in [0.4, 0.5) is 4.79 Å². The third-order valence-corrected chi connectivity index (χ3v) is 4.50. The van der Waals surface area contributed by atoms with Crippen molar-refractivity contribution in [2.24, 2.45) is 0 Å². The molecule has 0 radical (unpaired) electrons. The SMILES string of the molecule is CC1SCC(C(=O)O)N1C(=O)NC1CCC(=O)NC1=O. The number of hydrogen-bond donors (Lipinski definition) is 3. The van der Waals surface area contributed by atoms with Crippen molar-refractivity contribution in [1.29, 1.82) is 0 Å². The van der Waals surface area contributed by atoms with Crippen LogP contribution in [-0.4, -0.2) is 57.0 Å². The minimum absolute atomic E-state index is 0.156. The van der Waals surface area contributed by atoms with Crippen molar-refractivity contribution in [2.45, 2.75) is 37.2 Å². The predicted octanol–water partition coefficient (Wildman–Crippen LogP) is -0.651. The summed E-state index contributed by atoms with van der Waals surface area (Å²) in [6, 6.07) is -2.29. The molecule has 0 aromatic heterocycles. The van der Waals surface area contributed by atoms with E-state index in [4.69, 9.17) is 5.11 Å². The molecular formula is C11H15N3O5S. The number of aliphatic carboxylic acids is 1. The van der Waals surface area contributed by atoms with Gasteiger partial charge in [-0.05, 0) is 13.3 Å². The van der Waals surface area contributed by atoms with E-state index in [1.54, 1.807) is 6.92 Å². The molecule has 0 aliphatic carbocycles. The second-order valence-electron chi connectivity index (χ2n) is 4.65. The highest BCUT2D eigenvalue weighted by Gasteiger charge is 2.41. The van der Waals surface area contributed by atoms with Gasteiger partial charge in [-0.1, -0.05) is 0 Å². The molecule has 8 nitrogen and oxygen atoms in total. The van der Waals surface area contributed by atoms with E-state index in [0.29, 0.717) is 5.75 Å². The van der Waals surface area contributed by atoms with Gasteiger partial charge in [-0.15, -0.1) is 11.8 Å². The number of thioether (sulfide) groups is 1. The zero-order valence-electron chi connectivity index (χ0n) is 10.8. The molecule has 0 spiro atoms. The van der Waals surface area contributed by atoms with Crippen LogP contribution in [0.3, 0.4) is 0 Å². The van der Waals surface area contributed by atoms with Gasteiger partial charge in [0.15, 0.2) is 0 Å². The van der Waals surface area contributed by atoms with Gasteiger partial charge in [0.1, 0.15) is 12.1 Å². The lowest BCUT2D eigenvalue weighted by Crippen LogP contribution is -2.57. The third-order valence-electron chi connectivity index (χ3n) is 3.28. The molecule has 0 bridgehead atoms. The van der Waals surface area contributed by atoms with Crippen LogP contribution in [0, 0.1) is 0 Å².